The average Bonchev–Trinajstić information content (AvgIpc) is 2.85. The summed E-state index contributed by atoms with van der Waals surface area (Å²) in [5.74, 6) is -0.227. The number of hydrogen-bond acceptors (Lipinski definition) is 2. The van der Waals surface area contributed by atoms with Crippen LogP contribution in [0.3, 0.4) is 0 Å². The fraction of sp³-hybridized carbons (Fsp3) is 0.310. The van der Waals surface area contributed by atoms with E-state index < -0.39 is 6.04 Å². The first-order chi connectivity index (χ1) is 16.0. The van der Waals surface area contributed by atoms with E-state index in [1.807, 2.05) is 81.4 Å². The summed E-state index contributed by atoms with van der Waals surface area (Å²) in [6, 6.07) is 27.7. The van der Waals surface area contributed by atoms with Crippen LogP contribution in [0.15, 0.2) is 84.9 Å². The molecule has 0 aliphatic rings. The zero-order valence-corrected chi connectivity index (χ0v) is 19.8. The number of nitrogens with one attached hydrogen (secondary N) is 1. The number of benzene rings is 3. The number of carbonyl (C=O) groups excluding carboxylic acids is 2. The topological polar surface area (TPSA) is 49.4 Å². The van der Waals surface area contributed by atoms with Crippen LogP contribution in [-0.4, -0.2) is 29.3 Å². The van der Waals surface area contributed by atoms with E-state index in [1.54, 1.807) is 4.90 Å². The van der Waals surface area contributed by atoms with Crippen LogP contribution >= 0.6 is 0 Å². The van der Waals surface area contributed by atoms with Gasteiger partial charge in [0, 0.05) is 25.4 Å². The Morgan fingerprint density at radius 1 is 0.848 bits per heavy atom. The summed E-state index contributed by atoms with van der Waals surface area (Å²) in [4.78, 5) is 28.4. The molecule has 0 radical (unpaired) electrons. The molecule has 0 saturated carbocycles. The van der Waals surface area contributed by atoms with Gasteiger partial charge in [-0.3, -0.25) is 9.59 Å². The van der Waals surface area contributed by atoms with Crippen molar-refractivity contribution >= 4 is 11.8 Å². The highest BCUT2D eigenvalue weighted by molar-refractivity contribution is 5.87. The first-order valence-corrected chi connectivity index (χ1v) is 11.7. The first-order valence-electron chi connectivity index (χ1n) is 11.7. The molecule has 0 heterocycles. The van der Waals surface area contributed by atoms with E-state index in [-0.39, 0.29) is 17.7 Å². The van der Waals surface area contributed by atoms with E-state index in [0.29, 0.717) is 19.5 Å². The maximum absolute atomic E-state index is 13.8. The minimum atomic E-state index is -0.559. The lowest BCUT2D eigenvalue weighted by atomic mass is 9.88. The maximum Gasteiger partial charge on any atom is 0.242 e. The molecule has 1 N–H and O–H groups in total. The maximum atomic E-state index is 13.8. The number of hydrogen-bond donors (Lipinski definition) is 1. The normalized spacial score (nSPS) is 11.8. The van der Waals surface area contributed by atoms with E-state index >= 15 is 0 Å². The Kier molecular flexibility index (Phi) is 8.82. The van der Waals surface area contributed by atoms with Gasteiger partial charge in [-0.05, 0) is 42.5 Å². The Morgan fingerprint density at radius 3 is 1.94 bits per heavy atom. The van der Waals surface area contributed by atoms with Crippen LogP contribution in [0.1, 0.15) is 54.9 Å². The average molecular weight is 443 g/mol. The molecule has 0 aromatic heterocycles. The summed E-state index contributed by atoms with van der Waals surface area (Å²) in [5.41, 5.74) is 4.35. The molecule has 0 aliphatic heterocycles. The van der Waals surface area contributed by atoms with E-state index in [1.165, 1.54) is 0 Å². The fourth-order valence-electron chi connectivity index (χ4n) is 4.04. The zero-order valence-electron chi connectivity index (χ0n) is 19.8. The van der Waals surface area contributed by atoms with Crippen LogP contribution in [0, 0.1) is 6.92 Å². The third-order valence-electron chi connectivity index (χ3n) is 6.10. The lowest BCUT2D eigenvalue weighted by molar-refractivity contribution is -0.140. The molecule has 0 aliphatic carbocycles. The van der Waals surface area contributed by atoms with Gasteiger partial charge in [-0.2, -0.15) is 0 Å². The molecule has 0 saturated heterocycles. The summed E-state index contributed by atoms with van der Waals surface area (Å²) in [7, 11) is 0. The molecular weight excluding hydrogens is 408 g/mol. The smallest absolute Gasteiger partial charge is 0.242 e. The molecular formula is C29H34N2O2. The van der Waals surface area contributed by atoms with Crippen LogP contribution in [0.25, 0.3) is 0 Å². The Morgan fingerprint density at radius 2 is 1.39 bits per heavy atom. The van der Waals surface area contributed by atoms with Crippen LogP contribution < -0.4 is 5.32 Å². The molecule has 1 atom stereocenters. The Bertz CT molecular complexity index is 994. The number of nitrogens with zero attached hydrogens (tertiary/aromatic N) is 1. The third kappa shape index (κ3) is 6.55. The van der Waals surface area contributed by atoms with Crippen LogP contribution in [0.5, 0.6) is 0 Å². The van der Waals surface area contributed by atoms with Crippen molar-refractivity contribution in [3.8, 4) is 0 Å². The summed E-state index contributed by atoms with van der Waals surface area (Å²) in [6.07, 6.45) is 1.15. The molecule has 4 heteroatoms. The van der Waals surface area contributed by atoms with Crippen molar-refractivity contribution in [2.75, 3.05) is 6.54 Å². The molecule has 0 spiro atoms. The van der Waals surface area contributed by atoms with Crippen molar-refractivity contribution in [2.45, 2.75) is 52.1 Å². The van der Waals surface area contributed by atoms with Crippen molar-refractivity contribution in [3.63, 3.8) is 0 Å². The molecule has 3 aromatic rings. The fourth-order valence-corrected chi connectivity index (χ4v) is 4.04. The first kappa shape index (κ1) is 24.2. The highest BCUT2D eigenvalue weighted by Crippen LogP contribution is 2.29. The van der Waals surface area contributed by atoms with Crippen molar-refractivity contribution in [1.82, 2.24) is 10.2 Å². The third-order valence-corrected chi connectivity index (χ3v) is 6.10. The predicted molar refractivity (Wildman–Crippen MR) is 134 cm³/mol. The van der Waals surface area contributed by atoms with Gasteiger partial charge in [0.05, 0.1) is 0 Å². The van der Waals surface area contributed by atoms with Gasteiger partial charge in [0.1, 0.15) is 6.04 Å². The molecule has 3 rings (SSSR count). The van der Waals surface area contributed by atoms with Gasteiger partial charge in [-0.15, -0.1) is 0 Å². The van der Waals surface area contributed by atoms with Gasteiger partial charge in [0.15, 0.2) is 0 Å². The number of amides is 2. The van der Waals surface area contributed by atoms with Gasteiger partial charge in [-0.25, -0.2) is 0 Å². The van der Waals surface area contributed by atoms with Gasteiger partial charge in [0.25, 0.3) is 0 Å². The predicted octanol–water partition coefficient (Wildman–Crippen LogP) is 5.46. The molecule has 0 bridgehead atoms. The Hall–Kier alpha value is -3.40. The molecule has 4 nitrogen and oxygen atoms in total. The minimum absolute atomic E-state index is 0.0323. The van der Waals surface area contributed by atoms with E-state index in [0.717, 1.165) is 28.7 Å². The van der Waals surface area contributed by atoms with Crippen molar-refractivity contribution in [3.05, 3.63) is 107 Å². The molecule has 3 aromatic carbocycles. The second-order valence-corrected chi connectivity index (χ2v) is 8.49. The highest BCUT2D eigenvalue weighted by Gasteiger charge is 2.29. The van der Waals surface area contributed by atoms with Crippen molar-refractivity contribution < 1.29 is 9.59 Å². The summed E-state index contributed by atoms with van der Waals surface area (Å²) < 4.78 is 0. The highest BCUT2D eigenvalue weighted by atomic mass is 16.2. The van der Waals surface area contributed by atoms with E-state index in [9.17, 15) is 9.59 Å². The van der Waals surface area contributed by atoms with Gasteiger partial charge < -0.3 is 10.2 Å². The minimum Gasteiger partial charge on any atom is -0.354 e. The lowest BCUT2D eigenvalue weighted by Gasteiger charge is -2.31. The van der Waals surface area contributed by atoms with Gasteiger partial charge >= 0.3 is 0 Å². The number of rotatable bonds is 10. The molecule has 2 amide bonds. The van der Waals surface area contributed by atoms with Crippen LogP contribution in [0.4, 0.5) is 0 Å². The molecule has 172 valence electrons. The van der Waals surface area contributed by atoms with E-state index in [4.69, 9.17) is 0 Å². The quantitative estimate of drug-likeness (QED) is 0.453. The van der Waals surface area contributed by atoms with Crippen molar-refractivity contribution in [2.24, 2.45) is 0 Å². The van der Waals surface area contributed by atoms with Crippen LogP contribution in [0.2, 0.25) is 0 Å². The summed E-state index contributed by atoms with van der Waals surface area (Å²) in [5, 5.41) is 2.95. The van der Waals surface area contributed by atoms with Gasteiger partial charge in [0.2, 0.25) is 11.8 Å². The number of carbonyl (C=O) groups is 2. The second kappa shape index (κ2) is 12.0. The Balaban J connectivity index is 1.91. The second-order valence-electron chi connectivity index (χ2n) is 8.49. The summed E-state index contributed by atoms with van der Waals surface area (Å²) in [6.45, 7) is 6.89. The van der Waals surface area contributed by atoms with Crippen LogP contribution in [-0.2, 0) is 16.1 Å². The zero-order chi connectivity index (χ0) is 23.6. The molecule has 0 fully saturated rings. The molecule has 1 unspecified atom stereocenters. The largest absolute Gasteiger partial charge is 0.354 e. The standard InChI is InChI=1S/C29H34N2O2/c1-4-19-30-29(33)23(3)31(21-26-18-12-11-13-22(26)2)28(32)20-27(24-14-7-5-8-15-24)25-16-9-6-10-17-25/h5-18,23,27H,4,19-21H2,1-3H3,(H,30,33). The van der Waals surface area contributed by atoms with Crippen molar-refractivity contribution in [1.29, 1.82) is 0 Å². The monoisotopic (exact) mass is 442 g/mol. The number of aryl methyl sites for hydroxylation is 1. The Labute approximate surface area is 197 Å². The van der Waals surface area contributed by atoms with Gasteiger partial charge in [-0.1, -0.05) is 91.9 Å². The van der Waals surface area contributed by atoms with E-state index in [2.05, 4.69) is 29.6 Å². The SMILES string of the molecule is CCCNC(=O)C(C)N(Cc1ccccc1C)C(=O)CC(c1ccccc1)c1ccccc1. The lowest BCUT2D eigenvalue weighted by Crippen LogP contribution is -2.48. The summed E-state index contributed by atoms with van der Waals surface area (Å²) >= 11 is 0. The molecule has 33 heavy (non-hydrogen) atoms.